The van der Waals surface area contributed by atoms with Gasteiger partial charge in [0.2, 0.25) is 0 Å². The second-order valence-electron chi connectivity index (χ2n) is 5.89. The molecular weight excluding hydrogens is 186 g/mol. The van der Waals surface area contributed by atoms with Crippen molar-refractivity contribution in [1.82, 2.24) is 4.90 Å². The van der Waals surface area contributed by atoms with Gasteiger partial charge in [-0.05, 0) is 38.5 Å². The smallest absolute Gasteiger partial charge is 0.137 e. The lowest BCUT2D eigenvalue weighted by molar-refractivity contribution is -0.136. The fourth-order valence-corrected chi connectivity index (χ4v) is 3.34. The van der Waals surface area contributed by atoms with E-state index in [9.17, 15) is 4.79 Å². The van der Waals surface area contributed by atoms with Gasteiger partial charge in [0, 0.05) is 24.5 Å². The SMILES string of the molecule is CC(=O)C12CCC(CC1)N(CC(C)C)C2. The molecule has 0 aromatic heterocycles. The van der Waals surface area contributed by atoms with Crippen molar-refractivity contribution in [3.63, 3.8) is 0 Å². The van der Waals surface area contributed by atoms with Gasteiger partial charge in [-0.25, -0.2) is 0 Å². The van der Waals surface area contributed by atoms with Crippen LogP contribution in [0.2, 0.25) is 0 Å². The van der Waals surface area contributed by atoms with Crippen molar-refractivity contribution in [3.8, 4) is 0 Å². The molecule has 2 heterocycles. The van der Waals surface area contributed by atoms with Crippen molar-refractivity contribution < 1.29 is 4.79 Å². The molecule has 0 spiro atoms. The van der Waals surface area contributed by atoms with Crippen LogP contribution < -0.4 is 0 Å². The molecule has 0 radical (unpaired) electrons. The first-order chi connectivity index (χ1) is 7.03. The minimum absolute atomic E-state index is 0.0314. The minimum Gasteiger partial charge on any atom is -0.299 e. The maximum Gasteiger partial charge on any atom is 0.137 e. The zero-order valence-electron chi connectivity index (χ0n) is 10.3. The van der Waals surface area contributed by atoms with Crippen LogP contribution in [-0.2, 0) is 4.79 Å². The Labute approximate surface area is 93.0 Å². The number of Topliss-reactive ketones (excluding diaryl/α,β-unsaturated/α-hetero) is 1. The van der Waals surface area contributed by atoms with E-state index in [-0.39, 0.29) is 5.41 Å². The maximum atomic E-state index is 11.8. The average molecular weight is 209 g/mol. The molecular formula is C13H23NO. The summed E-state index contributed by atoms with van der Waals surface area (Å²) in [6, 6.07) is 0.772. The normalized spacial score (nSPS) is 36.1. The number of rotatable bonds is 3. The van der Waals surface area contributed by atoms with Gasteiger partial charge in [-0.3, -0.25) is 9.69 Å². The molecule has 0 N–H and O–H groups in total. The predicted octanol–water partition coefficient (Wildman–Crippen LogP) is 2.48. The zero-order chi connectivity index (χ0) is 11.1. The molecule has 3 aliphatic rings. The van der Waals surface area contributed by atoms with Gasteiger partial charge in [0.1, 0.15) is 5.78 Å². The number of fused-ring (bicyclic) bond motifs is 3. The van der Waals surface area contributed by atoms with Crippen molar-refractivity contribution in [3.05, 3.63) is 0 Å². The molecule has 15 heavy (non-hydrogen) atoms. The van der Waals surface area contributed by atoms with E-state index in [0.29, 0.717) is 11.7 Å². The quantitative estimate of drug-likeness (QED) is 0.711. The summed E-state index contributed by atoms with van der Waals surface area (Å²) < 4.78 is 0. The van der Waals surface area contributed by atoms with Crippen LogP contribution >= 0.6 is 0 Å². The summed E-state index contributed by atoms with van der Waals surface area (Å²) >= 11 is 0. The molecule has 2 saturated heterocycles. The Morgan fingerprint density at radius 1 is 1.40 bits per heavy atom. The van der Waals surface area contributed by atoms with E-state index in [2.05, 4.69) is 18.7 Å². The van der Waals surface area contributed by atoms with E-state index >= 15 is 0 Å². The highest BCUT2D eigenvalue weighted by atomic mass is 16.1. The summed E-state index contributed by atoms with van der Waals surface area (Å²) in [7, 11) is 0. The third-order valence-corrected chi connectivity index (χ3v) is 4.28. The van der Waals surface area contributed by atoms with Crippen molar-refractivity contribution in [2.75, 3.05) is 13.1 Å². The average Bonchev–Trinajstić information content (AvgIpc) is 2.18. The molecule has 2 bridgehead atoms. The molecule has 0 amide bonds. The number of carbonyl (C=O) groups is 1. The van der Waals surface area contributed by atoms with Crippen LogP contribution in [-0.4, -0.2) is 29.8 Å². The topological polar surface area (TPSA) is 20.3 Å². The highest BCUT2D eigenvalue weighted by molar-refractivity contribution is 5.83. The second-order valence-corrected chi connectivity index (χ2v) is 5.89. The summed E-state index contributed by atoms with van der Waals surface area (Å²) in [4.78, 5) is 14.3. The number of carbonyl (C=O) groups excluding carboxylic acids is 1. The van der Waals surface area contributed by atoms with Crippen molar-refractivity contribution >= 4 is 5.78 Å². The molecule has 3 fully saturated rings. The standard InChI is InChI=1S/C13H23NO/c1-10(2)8-14-9-13(11(3)15)6-4-12(14)5-7-13/h10,12H,4-9H2,1-3H3. The van der Waals surface area contributed by atoms with Crippen molar-refractivity contribution in [2.45, 2.75) is 52.5 Å². The Balaban J connectivity index is 2.09. The molecule has 1 aliphatic carbocycles. The molecule has 0 atom stereocenters. The van der Waals surface area contributed by atoms with E-state index in [1.165, 1.54) is 19.4 Å². The molecule has 2 nitrogen and oxygen atoms in total. The van der Waals surface area contributed by atoms with Gasteiger partial charge in [-0.15, -0.1) is 0 Å². The van der Waals surface area contributed by atoms with Gasteiger partial charge < -0.3 is 0 Å². The third kappa shape index (κ3) is 1.96. The maximum absolute atomic E-state index is 11.8. The van der Waals surface area contributed by atoms with Crippen LogP contribution in [0.5, 0.6) is 0 Å². The molecule has 3 rings (SSSR count). The summed E-state index contributed by atoms with van der Waals surface area (Å²) in [5.74, 6) is 1.14. The van der Waals surface area contributed by atoms with E-state index in [4.69, 9.17) is 0 Å². The number of hydrogen-bond acceptors (Lipinski definition) is 2. The number of ketones is 1. The van der Waals surface area contributed by atoms with Crippen LogP contribution in [0.25, 0.3) is 0 Å². The molecule has 0 aromatic carbocycles. The van der Waals surface area contributed by atoms with Crippen LogP contribution in [0.3, 0.4) is 0 Å². The van der Waals surface area contributed by atoms with Crippen molar-refractivity contribution in [2.24, 2.45) is 11.3 Å². The fraction of sp³-hybridized carbons (Fsp3) is 0.923. The molecule has 2 heteroatoms. The Morgan fingerprint density at radius 3 is 2.47 bits per heavy atom. The van der Waals surface area contributed by atoms with Crippen LogP contribution in [0, 0.1) is 11.3 Å². The lowest BCUT2D eigenvalue weighted by Crippen LogP contribution is -2.57. The number of hydrogen-bond donors (Lipinski definition) is 0. The first-order valence-corrected chi connectivity index (χ1v) is 6.28. The molecule has 0 aromatic rings. The second kappa shape index (κ2) is 3.89. The summed E-state index contributed by atoms with van der Waals surface area (Å²) in [6.07, 6.45) is 4.77. The first-order valence-electron chi connectivity index (χ1n) is 6.28. The zero-order valence-corrected chi connectivity index (χ0v) is 10.3. The minimum atomic E-state index is 0.0314. The predicted molar refractivity (Wildman–Crippen MR) is 61.8 cm³/mol. The number of nitrogens with zero attached hydrogens (tertiary/aromatic N) is 1. The van der Waals surface area contributed by atoms with E-state index in [0.717, 1.165) is 25.4 Å². The Kier molecular flexibility index (Phi) is 2.89. The van der Waals surface area contributed by atoms with Gasteiger partial charge in [0.05, 0.1) is 0 Å². The van der Waals surface area contributed by atoms with E-state index in [1.807, 2.05) is 0 Å². The van der Waals surface area contributed by atoms with Crippen molar-refractivity contribution in [1.29, 1.82) is 0 Å². The molecule has 1 saturated carbocycles. The fourth-order valence-electron chi connectivity index (χ4n) is 3.34. The van der Waals surface area contributed by atoms with E-state index < -0.39 is 0 Å². The van der Waals surface area contributed by atoms with Gasteiger partial charge in [-0.1, -0.05) is 13.8 Å². The summed E-state index contributed by atoms with van der Waals surface area (Å²) in [6.45, 7) is 8.52. The monoisotopic (exact) mass is 209 g/mol. The highest BCUT2D eigenvalue weighted by Gasteiger charge is 2.47. The lowest BCUT2D eigenvalue weighted by atomic mass is 9.65. The Bertz CT molecular complexity index is 251. The van der Waals surface area contributed by atoms with Gasteiger partial charge in [-0.2, -0.15) is 0 Å². The van der Waals surface area contributed by atoms with Gasteiger partial charge in [0.15, 0.2) is 0 Å². The Morgan fingerprint density at radius 2 is 2.00 bits per heavy atom. The summed E-state index contributed by atoms with van der Waals surface area (Å²) in [5, 5.41) is 0. The van der Waals surface area contributed by atoms with Gasteiger partial charge >= 0.3 is 0 Å². The van der Waals surface area contributed by atoms with Gasteiger partial charge in [0.25, 0.3) is 0 Å². The first kappa shape index (κ1) is 11.1. The summed E-state index contributed by atoms with van der Waals surface area (Å²) in [5.41, 5.74) is 0.0314. The van der Waals surface area contributed by atoms with E-state index in [1.54, 1.807) is 6.92 Å². The largest absolute Gasteiger partial charge is 0.299 e. The third-order valence-electron chi connectivity index (χ3n) is 4.28. The van der Waals surface area contributed by atoms with Crippen LogP contribution in [0.1, 0.15) is 46.5 Å². The highest BCUT2D eigenvalue weighted by Crippen LogP contribution is 2.45. The Hall–Kier alpha value is -0.370. The molecule has 0 unspecified atom stereocenters. The molecule has 2 aliphatic heterocycles. The lowest BCUT2D eigenvalue weighted by Gasteiger charge is -2.52. The number of piperidine rings is 2. The van der Waals surface area contributed by atoms with Crippen LogP contribution in [0.4, 0.5) is 0 Å². The van der Waals surface area contributed by atoms with Crippen LogP contribution in [0.15, 0.2) is 0 Å². The molecule has 86 valence electrons.